The Labute approximate surface area is 133 Å². The van der Waals surface area contributed by atoms with Crippen molar-refractivity contribution in [1.29, 1.82) is 0 Å². The van der Waals surface area contributed by atoms with Crippen LogP contribution in [-0.4, -0.2) is 23.3 Å². The van der Waals surface area contributed by atoms with E-state index < -0.39 is 0 Å². The minimum absolute atomic E-state index is 1.07. The normalized spacial score (nSPS) is 11.0. The first-order valence-corrected chi connectivity index (χ1v) is 7.63. The molecule has 0 bridgehead atoms. The number of aromatic nitrogens is 2. The molecule has 0 radical (unpaired) electrons. The molecule has 110 valence electrons. The van der Waals surface area contributed by atoms with Crippen molar-refractivity contribution in [3.8, 4) is 20.9 Å². The van der Waals surface area contributed by atoms with Crippen LogP contribution in [0.1, 0.15) is 11.1 Å². The molecule has 3 heterocycles. The molecule has 0 saturated heterocycles. The number of hydrogen-bond acceptors (Lipinski definition) is 5. The highest BCUT2D eigenvalue weighted by atomic mass is 32.1. The Kier molecular flexibility index (Phi) is 4.25. The standard InChI is InChI=1S/C17H15N3OS/c1-12-15(11-20-21-2)17(14-5-9-19-10-6-14)22-16(12)13-3-7-18-8-4-13/h3-11H,1-2H3. The van der Waals surface area contributed by atoms with Crippen molar-refractivity contribution < 1.29 is 4.84 Å². The summed E-state index contributed by atoms with van der Waals surface area (Å²) in [6.45, 7) is 2.11. The van der Waals surface area contributed by atoms with Crippen LogP contribution in [-0.2, 0) is 4.84 Å². The van der Waals surface area contributed by atoms with Gasteiger partial charge in [0.1, 0.15) is 7.11 Å². The maximum absolute atomic E-state index is 4.86. The van der Waals surface area contributed by atoms with Gasteiger partial charge in [0.25, 0.3) is 0 Å². The quantitative estimate of drug-likeness (QED) is 0.537. The van der Waals surface area contributed by atoms with Gasteiger partial charge < -0.3 is 4.84 Å². The van der Waals surface area contributed by atoms with Gasteiger partial charge in [-0.15, -0.1) is 11.3 Å². The van der Waals surface area contributed by atoms with Crippen molar-refractivity contribution in [2.75, 3.05) is 7.11 Å². The third-order valence-electron chi connectivity index (χ3n) is 3.37. The molecule has 0 unspecified atom stereocenters. The lowest BCUT2D eigenvalue weighted by atomic mass is 10.0. The molecule has 0 aliphatic rings. The number of thiophene rings is 1. The molecule has 3 aromatic rings. The smallest absolute Gasteiger partial charge is 0.106 e. The molecule has 0 spiro atoms. The average Bonchev–Trinajstić information content (AvgIpc) is 2.91. The number of hydrogen-bond donors (Lipinski definition) is 0. The maximum atomic E-state index is 4.86. The van der Waals surface area contributed by atoms with E-state index >= 15 is 0 Å². The largest absolute Gasteiger partial charge is 0.399 e. The number of rotatable bonds is 4. The van der Waals surface area contributed by atoms with Crippen LogP contribution in [0.15, 0.2) is 54.2 Å². The maximum Gasteiger partial charge on any atom is 0.106 e. The Morgan fingerprint density at radius 1 is 0.955 bits per heavy atom. The molecular formula is C17H15N3OS. The third kappa shape index (κ3) is 2.76. The lowest BCUT2D eigenvalue weighted by Gasteiger charge is -2.00. The molecule has 3 rings (SSSR count). The van der Waals surface area contributed by atoms with Gasteiger partial charge in [-0.05, 0) is 47.9 Å². The monoisotopic (exact) mass is 309 g/mol. The zero-order valence-electron chi connectivity index (χ0n) is 12.4. The summed E-state index contributed by atoms with van der Waals surface area (Å²) < 4.78 is 0. The van der Waals surface area contributed by atoms with Gasteiger partial charge in [-0.2, -0.15) is 0 Å². The topological polar surface area (TPSA) is 47.4 Å². The predicted molar refractivity (Wildman–Crippen MR) is 90.1 cm³/mol. The number of pyridine rings is 2. The second-order valence-electron chi connectivity index (χ2n) is 4.69. The fourth-order valence-electron chi connectivity index (χ4n) is 2.28. The average molecular weight is 309 g/mol. The number of oxime groups is 1. The zero-order chi connectivity index (χ0) is 15.4. The molecule has 0 aliphatic heterocycles. The van der Waals surface area contributed by atoms with E-state index in [4.69, 9.17) is 4.84 Å². The van der Waals surface area contributed by atoms with E-state index in [0.717, 1.165) is 21.6 Å². The van der Waals surface area contributed by atoms with Gasteiger partial charge in [0.15, 0.2) is 0 Å². The molecule has 5 heteroatoms. The van der Waals surface area contributed by atoms with E-state index in [9.17, 15) is 0 Å². The van der Waals surface area contributed by atoms with E-state index in [1.807, 2.05) is 36.7 Å². The van der Waals surface area contributed by atoms with Crippen LogP contribution in [0.4, 0.5) is 0 Å². The van der Waals surface area contributed by atoms with Gasteiger partial charge in [-0.25, -0.2) is 0 Å². The van der Waals surface area contributed by atoms with E-state index in [2.05, 4.69) is 22.0 Å². The first-order chi connectivity index (χ1) is 10.8. The first kappa shape index (κ1) is 14.4. The Hall–Kier alpha value is -2.53. The zero-order valence-corrected chi connectivity index (χ0v) is 13.2. The van der Waals surface area contributed by atoms with Crippen LogP contribution >= 0.6 is 11.3 Å². The van der Waals surface area contributed by atoms with Gasteiger partial charge >= 0.3 is 0 Å². The van der Waals surface area contributed by atoms with Crippen LogP contribution in [0.5, 0.6) is 0 Å². The lowest BCUT2D eigenvalue weighted by Crippen LogP contribution is -1.87. The highest BCUT2D eigenvalue weighted by Crippen LogP contribution is 2.40. The molecule has 0 atom stereocenters. The van der Waals surface area contributed by atoms with E-state index in [0.29, 0.717) is 0 Å². The SMILES string of the molecule is CON=Cc1c(-c2ccncc2)sc(-c2ccncc2)c1C. The summed E-state index contributed by atoms with van der Waals surface area (Å²) >= 11 is 1.74. The van der Waals surface area contributed by atoms with Crippen LogP contribution in [0, 0.1) is 6.92 Å². The fraction of sp³-hybridized carbons (Fsp3) is 0.118. The van der Waals surface area contributed by atoms with E-state index in [1.54, 1.807) is 37.1 Å². The number of nitrogens with zero attached hydrogens (tertiary/aromatic N) is 3. The van der Waals surface area contributed by atoms with Crippen molar-refractivity contribution in [1.82, 2.24) is 9.97 Å². The van der Waals surface area contributed by atoms with Gasteiger partial charge in [-0.1, -0.05) is 5.16 Å². The summed E-state index contributed by atoms with van der Waals surface area (Å²) in [6.07, 6.45) is 8.99. The summed E-state index contributed by atoms with van der Waals surface area (Å²) in [5.41, 5.74) is 4.54. The molecule has 0 saturated carbocycles. The molecule has 3 aromatic heterocycles. The van der Waals surface area contributed by atoms with Crippen molar-refractivity contribution in [2.24, 2.45) is 5.16 Å². The van der Waals surface area contributed by atoms with Gasteiger partial charge in [0.05, 0.1) is 6.21 Å². The summed E-state index contributed by atoms with van der Waals surface area (Å²) in [6, 6.07) is 8.05. The van der Waals surface area contributed by atoms with Crippen molar-refractivity contribution in [3.63, 3.8) is 0 Å². The Bertz CT molecular complexity index is 782. The molecule has 0 N–H and O–H groups in total. The molecule has 0 amide bonds. The Balaban J connectivity index is 2.19. The van der Waals surface area contributed by atoms with E-state index in [-0.39, 0.29) is 0 Å². The molecule has 0 aromatic carbocycles. The van der Waals surface area contributed by atoms with Crippen molar-refractivity contribution >= 4 is 17.6 Å². The van der Waals surface area contributed by atoms with E-state index in [1.165, 1.54) is 10.4 Å². The molecule has 22 heavy (non-hydrogen) atoms. The fourth-order valence-corrected chi connectivity index (χ4v) is 3.57. The van der Waals surface area contributed by atoms with Crippen LogP contribution in [0.2, 0.25) is 0 Å². The molecule has 0 aliphatic carbocycles. The van der Waals surface area contributed by atoms with Crippen molar-refractivity contribution in [2.45, 2.75) is 6.92 Å². The van der Waals surface area contributed by atoms with Crippen LogP contribution < -0.4 is 0 Å². The second kappa shape index (κ2) is 6.49. The van der Waals surface area contributed by atoms with Gasteiger partial charge in [0.2, 0.25) is 0 Å². The molecule has 4 nitrogen and oxygen atoms in total. The second-order valence-corrected chi connectivity index (χ2v) is 5.71. The van der Waals surface area contributed by atoms with Gasteiger partial charge in [-0.3, -0.25) is 9.97 Å². The minimum Gasteiger partial charge on any atom is -0.399 e. The molecular weight excluding hydrogens is 294 g/mol. The minimum atomic E-state index is 1.07. The lowest BCUT2D eigenvalue weighted by molar-refractivity contribution is 0.215. The molecule has 0 fully saturated rings. The summed E-state index contributed by atoms with van der Waals surface area (Å²) in [5, 5.41) is 3.95. The van der Waals surface area contributed by atoms with Crippen LogP contribution in [0.3, 0.4) is 0 Å². The predicted octanol–water partition coefficient (Wildman–Crippen LogP) is 4.16. The highest BCUT2D eigenvalue weighted by molar-refractivity contribution is 7.19. The highest BCUT2D eigenvalue weighted by Gasteiger charge is 2.16. The Morgan fingerprint density at radius 2 is 1.50 bits per heavy atom. The summed E-state index contributed by atoms with van der Waals surface area (Å²) in [5.74, 6) is 0. The Morgan fingerprint density at radius 3 is 2.05 bits per heavy atom. The third-order valence-corrected chi connectivity index (χ3v) is 4.77. The van der Waals surface area contributed by atoms with Crippen LogP contribution in [0.25, 0.3) is 20.9 Å². The first-order valence-electron chi connectivity index (χ1n) is 6.82. The summed E-state index contributed by atoms with van der Waals surface area (Å²) in [4.78, 5) is 15.4. The summed E-state index contributed by atoms with van der Waals surface area (Å²) in [7, 11) is 1.55. The van der Waals surface area contributed by atoms with Crippen molar-refractivity contribution in [3.05, 3.63) is 60.2 Å². The van der Waals surface area contributed by atoms with Gasteiger partial charge in [0, 0.05) is 40.1 Å².